The third kappa shape index (κ3) is 2.31. The summed E-state index contributed by atoms with van der Waals surface area (Å²) < 4.78 is 0. The quantitative estimate of drug-likeness (QED) is 0.728. The Morgan fingerprint density at radius 2 is 1.71 bits per heavy atom. The molecule has 0 aromatic rings. The molecule has 1 nitrogen and oxygen atoms in total. The van der Waals surface area contributed by atoms with E-state index in [1.165, 1.54) is 44.9 Å². The standard InChI is InChI=1S/C13H25N/c1-10-6-5-9-13(10)14-11(2)12-7-3-4-8-12/h10-14H,3-9H2,1-2H3. The van der Waals surface area contributed by atoms with Crippen molar-refractivity contribution in [3.63, 3.8) is 0 Å². The van der Waals surface area contributed by atoms with Crippen LogP contribution in [-0.2, 0) is 0 Å². The molecule has 3 atom stereocenters. The summed E-state index contributed by atoms with van der Waals surface area (Å²) >= 11 is 0. The van der Waals surface area contributed by atoms with Gasteiger partial charge in [-0.2, -0.15) is 0 Å². The van der Waals surface area contributed by atoms with Crippen molar-refractivity contribution in [1.82, 2.24) is 5.32 Å². The smallest absolute Gasteiger partial charge is 0.00952 e. The van der Waals surface area contributed by atoms with Gasteiger partial charge < -0.3 is 5.32 Å². The van der Waals surface area contributed by atoms with Gasteiger partial charge in [-0.15, -0.1) is 0 Å². The first-order valence-electron chi connectivity index (χ1n) is 6.53. The second-order valence-corrected chi connectivity index (χ2v) is 5.51. The minimum Gasteiger partial charge on any atom is -0.311 e. The van der Waals surface area contributed by atoms with Crippen molar-refractivity contribution in [2.24, 2.45) is 11.8 Å². The van der Waals surface area contributed by atoms with E-state index in [0.29, 0.717) is 0 Å². The van der Waals surface area contributed by atoms with E-state index in [1.807, 2.05) is 0 Å². The lowest BCUT2D eigenvalue weighted by molar-refractivity contribution is 0.311. The highest BCUT2D eigenvalue weighted by atomic mass is 15.0. The lowest BCUT2D eigenvalue weighted by Gasteiger charge is -2.27. The van der Waals surface area contributed by atoms with Crippen molar-refractivity contribution < 1.29 is 0 Å². The highest BCUT2D eigenvalue weighted by Gasteiger charge is 2.28. The molecule has 2 fully saturated rings. The maximum atomic E-state index is 3.87. The molecule has 2 aliphatic rings. The predicted octanol–water partition coefficient (Wildman–Crippen LogP) is 3.34. The van der Waals surface area contributed by atoms with E-state index in [2.05, 4.69) is 19.2 Å². The van der Waals surface area contributed by atoms with Crippen LogP contribution in [0.4, 0.5) is 0 Å². The van der Waals surface area contributed by atoms with Gasteiger partial charge in [0.15, 0.2) is 0 Å². The molecule has 82 valence electrons. The normalized spacial score (nSPS) is 36.4. The zero-order chi connectivity index (χ0) is 9.97. The Morgan fingerprint density at radius 1 is 1.00 bits per heavy atom. The van der Waals surface area contributed by atoms with Crippen LogP contribution in [0.3, 0.4) is 0 Å². The molecular weight excluding hydrogens is 170 g/mol. The molecule has 0 aliphatic heterocycles. The van der Waals surface area contributed by atoms with Gasteiger partial charge >= 0.3 is 0 Å². The predicted molar refractivity (Wildman–Crippen MR) is 61.4 cm³/mol. The molecule has 0 aromatic carbocycles. The van der Waals surface area contributed by atoms with Crippen LogP contribution in [0, 0.1) is 11.8 Å². The topological polar surface area (TPSA) is 12.0 Å². The summed E-state index contributed by atoms with van der Waals surface area (Å²) in [5, 5.41) is 3.87. The molecule has 0 radical (unpaired) electrons. The zero-order valence-corrected chi connectivity index (χ0v) is 9.76. The number of hydrogen-bond donors (Lipinski definition) is 1. The van der Waals surface area contributed by atoms with Crippen LogP contribution in [0.2, 0.25) is 0 Å². The highest BCUT2D eigenvalue weighted by molar-refractivity contribution is 4.85. The monoisotopic (exact) mass is 195 g/mol. The average Bonchev–Trinajstić information content (AvgIpc) is 2.77. The van der Waals surface area contributed by atoms with E-state index in [9.17, 15) is 0 Å². The number of rotatable bonds is 3. The Kier molecular flexibility index (Phi) is 3.48. The minimum absolute atomic E-state index is 0.767. The molecule has 0 amide bonds. The Bertz CT molecular complexity index is 172. The fraction of sp³-hybridized carbons (Fsp3) is 1.00. The Balaban J connectivity index is 1.78. The lowest BCUT2D eigenvalue weighted by Crippen LogP contribution is -2.41. The van der Waals surface area contributed by atoms with Crippen LogP contribution in [0.5, 0.6) is 0 Å². The molecule has 0 bridgehead atoms. The first-order chi connectivity index (χ1) is 6.77. The second kappa shape index (κ2) is 4.65. The molecule has 0 heterocycles. The first-order valence-corrected chi connectivity index (χ1v) is 6.53. The summed E-state index contributed by atoms with van der Waals surface area (Å²) in [6, 6.07) is 1.59. The van der Waals surface area contributed by atoms with Crippen LogP contribution < -0.4 is 5.32 Å². The minimum atomic E-state index is 0.767. The molecule has 0 saturated heterocycles. The summed E-state index contributed by atoms with van der Waals surface area (Å²) in [4.78, 5) is 0. The Labute approximate surface area is 88.7 Å². The van der Waals surface area contributed by atoms with Crippen LogP contribution in [0.15, 0.2) is 0 Å². The van der Waals surface area contributed by atoms with E-state index in [1.54, 1.807) is 0 Å². The van der Waals surface area contributed by atoms with Crippen molar-refractivity contribution in [3.8, 4) is 0 Å². The molecule has 14 heavy (non-hydrogen) atoms. The van der Waals surface area contributed by atoms with Crippen molar-refractivity contribution in [3.05, 3.63) is 0 Å². The highest BCUT2D eigenvalue weighted by Crippen LogP contribution is 2.30. The van der Waals surface area contributed by atoms with Gasteiger partial charge in [0.05, 0.1) is 0 Å². The fourth-order valence-electron chi connectivity index (χ4n) is 3.32. The number of hydrogen-bond acceptors (Lipinski definition) is 1. The van der Waals surface area contributed by atoms with E-state index in [0.717, 1.165) is 23.9 Å². The SMILES string of the molecule is CC1CCCC1NC(C)C1CCCC1. The summed E-state index contributed by atoms with van der Waals surface area (Å²) in [5.74, 6) is 1.89. The molecule has 1 heteroatoms. The number of nitrogens with one attached hydrogen (secondary N) is 1. The molecule has 2 saturated carbocycles. The maximum absolute atomic E-state index is 3.87. The Hall–Kier alpha value is -0.0400. The van der Waals surface area contributed by atoms with Crippen molar-refractivity contribution >= 4 is 0 Å². The Morgan fingerprint density at radius 3 is 2.29 bits per heavy atom. The van der Waals surface area contributed by atoms with Gasteiger partial charge in [-0.3, -0.25) is 0 Å². The first kappa shape index (κ1) is 10.5. The maximum Gasteiger partial charge on any atom is 0.00952 e. The van der Waals surface area contributed by atoms with Crippen molar-refractivity contribution in [2.45, 2.75) is 70.9 Å². The summed E-state index contributed by atoms with van der Waals surface area (Å²) in [6.45, 7) is 4.81. The van der Waals surface area contributed by atoms with Crippen LogP contribution in [0.1, 0.15) is 58.8 Å². The van der Waals surface area contributed by atoms with E-state index in [-0.39, 0.29) is 0 Å². The molecule has 1 N–H and O–H groups in total. The van der Waals surface area contributed by atoms with Crippen LogP contribution in [-0.4, -0.2) is 12.1 Å². The van der Waals surface area contributed by atoms with Gasteiger partial charge in [-0.25, -0.2) is 0 Å². The fourth-order valence-corrected chi connectivity index (χ4v) is 3.32. The molecule has 2 aliphatic carbocycles. The van der Waals surface area contributed by atoms with Crippen molar-refractivity contribution in [1.29, 1.82) is 0 Å². The third-order valence-electron chi connectivity index (χ3n) is 4.45. The molecule has 2 rings (SSSR count). The molecule has 0 spiro atoms. The molecular formula is C13H25N. The van der Waals surface area contributed by atoms with Gasteiger partial charge in [0, 0.05) is 12.1 Å². The second-order valence-electron chi connectivity index (χ2n) is 5.51. The summed E-state index contributed by atoms with van der Waals surface area (Å²) in [7, 11) is 0. The van der Waals surface area contributed by atoms with Gasteiger partial charge in [-0.1, -0.05) is 26.2 Å². The summed E-state index contributed by atoms with van der Waals surface area (Å²) in [6.07, 6.45) is 10.2. The van der Waals surface area contributed by atoms with Gasteiger partial charge in [0.1, 0.15) is 0 Å². The zero-order valence-electron chi connectivity index (χ0n) is 9.76. The van der Waals surface area contributed by atoms with Crippen LogP contribution >= 0.6 is 0 Å². The molecule has 0 aromatic heterocycles. The van der Waals surface area contributed by atoms with Gasteiger partial charge in [0.2, 0.25) is 0 Å². The van der Waals surface area contributed by atoms with Crippen LogP contribution in [0.25, 0.3) is 0 Å². The van der Waals surface area contributed by atoms with Crippen molar-refractivity contribution in [2.75, 3.05) is 0 Å². The molecule has 3 unspecified atom stereocenters. The van der Waals surface area contributed by atoms with Gasteiger partial charge in [-0.05, 0) is 44.4 Å². The third-order valence-corrected chi connectivity index (χ3v) is 4.45. The van der Waals surface area contributed by atoms with E-state index in [4.69, 9.17) is 0 Å². The largest absolute Gasteiger partial charge is 0.311 e. The van der Waals surface area contributed by atoms with Gasteiger partial charge in [0.25, 0.3) is 0 Å². The van der Waals surface area contributed by atoms with E-state index >= 15 is 0 Å². The lowest BCUT2D eigenvalue weighted by atomic mass is 9.97. The summed E-state index contributed by atoms with van der Waals surface area (Å²) in [5.41, 5.74) is 0. The average molecular weight is 195 g/mol. The van der Waals surface area contributed by atoms with E-state index < -0.39 is 0 Å².